The maximum Gasteiger partial charge on any atom is 0.303 e. The highest BCUT2D eigenvalue weighted by molar-refractivity contribution is 9.11. The van der Waals surface area contributed by atoms with E-state index in [1.54, 1.807) is 6.07 Å². The van der Waals surface area contributed by atoms with Crippen LogP contribution >= 0.6 is 27.3 Å². The second-order valence-electron chi connectivity index (χ2n) is 3.41. The van der Waals surface area contributed by atoms with Gasteiger partial charge in [-0.1, -0.05) is 0 Å². The molecule has 0 spiro atoms. The summed E-state index contributed by atoms with van der Waals surface area (Å²) in [5.74, 6) is -3.79. The number of thiophene rings is 1. The maximum atomic E-state index is 13.5. The fourth-order valence-corrected chi connectivity index (χ4v) is 2.65. The third-order valence-corrected chi connectivity index (χ3v) is 3.80. The molecule has 0 aromatic carbocycles. The van der Waals surface area contributed by atoms with Gasteiger partial charge in [0.25, 0.3) is 5.92 Å². The molecule has 1 rings (SSSR count). The quantitative estimate of drug-likeness (QED) is 0.797. The summed E-state index contributed by atoms with van der Waals surface area (Å²) in [6.45, 7) is 0. The molecule has 0 radical (unpaired) electrons. The highest BCUT2D eigenvalue weighted by Gasteiger charge is 2.32. The van der Waals surface area contributed by atoms with Gasteiger partial charge in [0, 0.05) is 12.8 Å². The lowest BCUT2D eigenvalue weighted by Gasteiger charge is -2.13. The van der Waals surface area contributed by atoms with Gasteiger partial charge in [0.15, 0.2) is 0 Å². The first kappa shape index (κ1) is 13.6. The summed E-state index contributed by atoms with van der Waals surface area (Å²) in [5.41, 5.74) is 0. The Labute approximate surface area is 104 Å². The molecule has 2 nitrogen and oxygen atoms in total. The molecule has 0 unspecified atom stereocenters. The fourth-order valence-electron chi connectivity index (χ4n) is 1.26. The van der Waals surface area contributed by atoms with Gasteiger partial charge in [0.05, 0.1) is 8.66 Å². The highest BCUT2D eigenvalue weighted by Crippen LogP contribution is 2.39. The molecule has 1 aromatic heterocycles. The lowest BCUT2D eigenvalue weighted by Crippen LogP contribution is -2.11. The van der Waals surface area contributed by atoms with Gasteiger partial charge in [0.1, 0.15) is 0 Å². The number of unbranched alkanes of at least 4 members (excludes halogenated alkanes) is 1. The standard InChI is InChI=1S/C10H11BrF2O2S/c11-8-5-4-7(16-8)10(12,13)6-2-1-3-9(14)15/h4-5H,1-3,6H2,(H,14,15). The van der Waals surface area contributed by atoms with Crippen molar-refractivity contribution in [2.24, 2.45) is 0 Å². The van der Waals surface area contributed by atoms with Gasteiger partial charge in [-0.25, -0.2) is 8.78 Å². The summed E-state index contributed by atoms with van der Waals surface area (Å²) in [6, 6.07) is 2.98. The number of carboxylic acids is 1. The van der Waals surface area contributed by atoms with E-state index in [4.69, 9.17) is 5.11 Å². The smallest absolute Gasteiger partial charge is 0.303 e. The van der Waals surface area contributed by atoms with Crippen molar-refractivity contribution in [1.82, 2.24) is 0 Å². The summed E-state index contributed by atoms with van der Waals surface area (Å²) >= 11 is 4.14. The first-order valence-corrected chi connectivity index (χ1v) is 6.38. The molecule has 0 aliphatic heterocycles. The minimum Gasteiger partial charge on any atom is -0.481 e. The first-order valence-electron chi connectivity index (χ1n) is 4.77. The van der Waals surface area contributed by atoms with Crippen LogP contribution in [0.3, 0.4) is 0 Å². The summed E-state index contributed by atoms with van der Waals surface area (Å²) in [7, 11) is 0. The molecule has 16 heavy (non-hydrogen) atoms. The van der Waals surface area contributed by atoms with Crippen LogP contribution in [0.15, 0.2) is 15.9 Å². The summed E-state index contributed by atoms with van der Waals surface area (Å²) in [4.78, 5) is 10.2. The van der Waals surface area contributed by atoms with Crippen LogP contribution in [-0.2, 0) is 10.7 Å². The molecule has 0 saturated heterocycles. The molecule has 0 bridgehead atoms. The molecule has 0 saturated carbocycles. The van der Waals surface area contributed by atoms with Gasteiger partial charge in [-0.15, -0.1) is 11.3 Å². The minimum atomic E-state index is -2.85. The molecule has 90 valence electrons. The largest absolute Gasteiger partial charge is 0.481 e. The van der Waals surface area contributed by atoms with E-state index in [2.05, 4.69) is 15.9 Å². The average Bonchev–Trinajstić information content (AvgIpc) is 2.60. The van der Waals surface area contributed by atoms with Crippen molar-refractivity contribution in [2.75, 3.05) is 0 Å². The van der Waals surface area contributed by atoms with E-state index in [9.17, 15) is 13.6 Å². The molecular weight excluding hydrogens is 302 g/mol. The molecule has 6 heteroatoms. The fraction of sp³-hybridized carbons (Fsp3) is 0.500. The number of carboxylic acid groups (broad SMARTS) is 1. The monoisotopic (exact) mass is 312 g/mol. The summed E-state index contributed by atoms with van der Waals surface area (Å²) < 4.78 is 27.7. The number of hydrogen-bond donors (Lipinski definition) is 1. The Morgan fingerprint density at radius 3 is 2.62 bits per heavy atom. The van der Waals surface area contributed by atoms with E-state index in [0.717, 1.165) is 11.3 Å². The van der Waals surface area contributed by atoms with Crippen LogP contribution < -0.4 is 0 Å². The molecule has 0 aliphatic rings. The molecule has 1 N–H and O–H groups in total. The van der Waals surface area contributed by atoms with Crippen LogP contribution in [0.1, 0.15) is 30.6 Å². The third kappa shape index (κ3) is 4.17. The lowest BCUT2D eigenvalue weighted by atomic mass is 10.1. The molecule has 0 amide bonds. The molecule has 0 fully saturated rings. The highest BCUT2D eigenvalue weighted by atomic mass is 79.9. The Morgan fingerprint density at radius 2 is 2.12 bits per heavy atom. The van der Waals surface area contributed by atoms with Gasteiger partial charge in [0.2, 0.25) is 0 Å². The van der Waals surface area contributed by atoms with Crippen LogP contribution in [0.5, 0.6) is 0 Å². The van der Waals surface area contributed by atoms with Crippen LogP contribution in [-0.4, -0.2) is 11.1 Å². The SMILES string of the molecule is O=C(O)CCCCC(F)(F)c1ccc(Br)s1. The van der Waals surface area contributed by atoms with E-state index in [1.807, 2.05) is 0 Å². The van der Waals surface area contributed by atoms with Gasteiger partial charge >= 0.3 is 5.97 Å². The van der Waals surface area contributed by atoms with Gasteiger partial charge < -0.3 is 5.11 Å². The maximum absolute atomic E-state index is 13.5. The van der Waals surface area contributed by atoms with Gasteiger partial charge in [-0.3, -0.25) is 4.79 Å². The Hall–Kier alpha value is -0.490. The van der Waals surface area contributed by atoms with E-state index >= 15 is 0 Å². The molecule has 1 aromatic rings. The Bertz CT molecular complexity index is 365. The van der Waals surface area contributed by atoms with Crippen LogP contribution in [0.25, 0.3) is 0 Å². The van der Waals surface area contributed by atoms with Crippen molar-refractivity contribution in [2.45, 2.75) is 31.6 Å². The zero-order valence-corrected chi connectivity index (χ0v) is 10.8. The topological polar surface area (TPSA) is 37.3 Å². The van der Waals surface area contributed by atoms with Crippen molar-refractivity contribution in [3.05, 3.63) is 20.8 Å². The van der Waals surface area contributed by atoms with Crippen LogP contribution in [0.2, 0.25) is 0 Å². The van der Waals surface area contributed by atoms with E-state index in [1.165, 1.54) is 6.07 Å². The average molecular weight is 313 g/mol. The number of halogens is 3. The van der Waals surface area contributed by atoms with Crippen LogP contribution in [0, 0.1) is 0 Å². The zero-order chi connectivity index (χ0) is 12.2. The Kier molecular flexibility index (Phi) is 4.86. The van der Waals surface area contributed by atoms with Gasteiger partial charge in [-0.2, -0.15) is 0 Å². The van der Waals surface area contributed by atoms with Crippen molar-refractivity contribution >= 4 is 33.2 Å². The number of aliphatic carboxylic acids is 1. The van der Waals surface area contributed by atoms with Crippen LogP contribution in [0.4, 0.5) is 8.78 Å². The predicted molar refractivity (Wildman–Crippen MR) is 62.0 cm³/mol. The zero-order valence-electron chi connectivity index (χ0n) is 8.38. The van der Waals surface area contributed by atoms with E-state index in [-0.39, 0.29) is 30.6 Å². The van der Waals surface area contributed by atoms with Crippen molar-refractivity contribution in [3.8, 4) is 0 Å². The van der Waals surface area contributed by atoms with Gasteiger partial charge in [-0.05, 0) is 40.9 Å². The number of alkyl halides is 2. The summed E-state index contributed by atoms with van der Waals surface area (Å²) in [6.07, 6.45) is 0.156. The Morgan fingerprint density at radius 1 is 1.44 bits per heavy atom. The van der Waals surface area contributed by atoms with Crippen molar-refractivity contribution in [3.63, 3.8) is 0 Å². The summed E-state index contributed by atoms with van der Waals surface area (Å²) in [5, 5.41) is 8.37. The van der Waals surface area contributed by atoms with Crippen molar-refractivity contribution in [1.29, 1.82) is 0 Å². The molecule has 0 atom stereocenters. The molecular formula is C10H11BrF2O2S. The van der Waals surface area contributed by atoms with E-state index in [0.29, 0.717) is 3.79 Å². The minimum absolute atomic E-state index is 0.0229. The van der Waals surface area contributed by atoms with E-state index < -0.39 is 11.9 Å². The second kappa shape index (κ2) is 5.72. The Balaban J connectivity index is 2.43. The number of rotatable bonds is 6. The number of carbonyl (C=O) groups is 1. The normalized spacial score (nSPS) is 11.7. The molecule has 1 heterocycles. The second-order valence-corrected chi connectivity index (χ2v) is 5.87. The third-order valence-electron chi connectivity index (χ3n) is 2.07. The number of hydrogen-bond acceptors (Lipinski definition) is 2. The predicted octanol–water partition coefficient (Wildman–Crippen LogP) is 4.25. The lowest BCUT2D eigenvalue weighted by molar-refractivity contribution is -0.137. The van der Waals surface area contributed by atoms with Crippen molar-refractivity contribution < 1.29 is 18.7 Å². The molecule has 0 aliphatic carbocycles. The first-order chi connectivity index (χ1) is 7.42.